The Morgan fingerprint density at radius 2 is 2.33 bits per heavy atom. The maximum Gasteiger partial charge on any atom is 0.180 e. The highest BCUT2D eigenvalue weighted by molar-refractivity contribution is 7.98. The van der Waals surface area contributed by atoms with Gasteiger partial charge in [-0.15, -0.1) is 23.1 Å². The van der Waals surface area contributed by atoms with Gasteiger partial charge in [-0.05, 0) is 18.2 Å². The SMILES string of the molecule is Nc1nc(CSc2cccc(Cl)c2)cs1. The Balaban J connectivity index is 1.99. The first-order valence-corrected chi connectivity index (χ1v) is 6.56. The normalized spacial score (nSPS) is 10.5. The largest absolute Gasteiger partial charge is 0.375 e. The predicted octanol–water partition coefficient (Wildman–Crippen LogP) is 3.67. The van der Waals surface area contributed by atoms with E-state index in [1.165, 1.54) is 11.3 Å². The van der Waals surface area contributed by atoms with Gasteiger partial charge in [0.15, 0.2) is 5.13 Å². The van der Waals surface area contributed by atoms with E-state index in [1.54, 1.807) is 11.8 Å². The molecule has 2 aromatic rings. The fourth-order valence-corrected chi connectivity index (χ4v) is 2.87. The third-order valence-corrected chi connectivity index (χ3v) is 3.74. The molecule has 5 heteroatoms. The molecule has 0 saturated heterocycles. The predicted molar refractivity (Wildman–Crippen MR) is 67.5 cm³/mol. The average Bonchev–Trinajstić information content (AvgIpc) is 2.62. The molecule has 1 aromatic heterocycles. The summed E-state index contributed by atoms with van der Waals surface area (Å²) < 4.78 is 0. The molecule has 0 saturated carbocycles. The van der Waals surface area contributed by atoms with Crippen molar-refractivity contribution in [2.75, 3.05) is 5.73 Å². The summed E-state index contributed by atoms with van der Waals surface area (Å²) in [6.07, 6.45) is 0. The van der Waals surface area contributed by atoms with E-state index in [0.717, 1.165) is 21.4 Å². The highest BCUT2D eigenvalue weighted by Crippen LogP contribution is 2.25. The van der Waals surface area contributed by atoms with Gasteiger partial charge >= 0.3 is 0 Å². The number of thiazole rings is 1. The van der Waals surface area contributed by atoms with Crippen LogP contribution in [0.3, 0.4) is 0 Å². The molecule has 0 spiro atoms. The van der Waals surface area contributed by atoms with Crippen LogP contribution in [0.5, 0.6) is 0 Å². The van der Waals surface area contributed by atoms with Crippen molar-refractivity contribution in [2.24, 2.45) is 0 Å². The van der Waals surface area contributed by atoms with Crippen molar-refractivity contribution in [3.8, 4) is 0 Å². The number of thioether (sulfide) groups is 1. The molecule has 1 aromatic carbocycles. The highest BCUT2D eigenvalue weighted by Gasteiger charge is 2.00. The lowest BCUT2D eigenvalue weighted by atomic mass is 10.4. The molecule has 2 nitrogen and oxygen atoms in total. The van der Waals surface area contributed by atoms with Gasteiger partial charge in [-0.1, -0.05) is 17.7 Å². The molecule has 2 rings (SSSR count). The fourth-order valence-electron chi connectivity index (χ4n) is 1.10. The van der Waals surface area contributed by atoms with E-state index < -0.39 is 0 Å². The average molecular weight is 257 g/mol. The van der Waals surface area contributed by atoms with E-state index in [2.05, 4.69) is 4.98 Å². The van der Waals surface area contributed by atoms with Crippen molar-refractivity contribution in [3.63, 3.8) is 0 Å². The summed E-state index contributed by atoms with van der Waals surface area (Å²) in [6.45, 7) is 0. The summed E-state index contributed by atoms with van der Waals surface area (Å²) in [5.74, 6) is 0.827. The molecule has 0 atom stereocenters. The van der Waals surface area contributed by atoms with Gasteiger partial charge in [-0.3, -0.25) is 0 Å². The zero-order chi connectivity index (χ0) is 10.7. The number of benzene rings is 1. The van der Waals surface area contributed by atoms with Crippen LogP contribution in [0.25, 0.3) is 0 Å². The minimum Gasteiger partial charge on any atom is -0.375 e. The Morgan fingerprint density at radius 3 is 3.00 bits per heavy atom. The van der Waals surface area contributed by atoms with Crippen LogP contribution in [0.4, 0.5) is 5.13 Å². The number of nitrogen functional groups attached to an aromatic ring is 1. The van der Waals surface area contributed by atoms with Crippen LogP contribution >= 0.6 is 34.7 Å². The standard InChI is InChI=1S/C10H9ClN2S2/c11-7-2-1-3-9(4-7)14-5-8-6-15-10(12)13-8/h1-4,6H,5H2,(H2,12,13). The third-order valence-electron chi connectivity index (χ3n) is 1.75. The van der Waals surface area contributed by atoms with Crippen molar-refractivity contribution >= 4 is 39.8 Å². The molecular formula is C10H9ClN2S2. The Hall–Kier alpha value is -0.710. The summed E-state index contributed by atoms with van der Waals surface area (Å²) in [5, 5.41) is 3.36. The molecule has 0 aliphatic heterocycles. The van der Waals surface area contributed by atoms with E-state index in [0.29, 0.717) is 5.13 Å². The topological polar surface area (TPSA) is 38.9 Å². The first-order valence-electron chi connectivity index (χ1n) is 4.32. The number of anilines is 1. The number of nitrogens with two attached hydrogens (primary N) is 1. The lowest BCUT2D eigenvalue weighted by Crippen LogP contribution is -1.84. The summed E-state index contributed by atoms with van der Waals surface area (Å²) in [4.78, 5) is 5.34. The van der Waals surface area contributed by atoms with E-state index in [-0.39, 0.29) is 0 Å². The molecule has 0 fully saturated rings. The van der Waals surface area contributed by atoms with Crippen LogP contribution < -0.4 is 5.73 Å². The lowest BCUT2D eigenvalue weighted by Gasteiger charge is -1.99. The van der Waals surface area contributed by atoms with Gasteiger partial charge in [0.05, 0.1) is 5.69 Å². The summed E-state index contributed by atoms with van der Waals surface area (Å²) in [7, 11) is 0. The van der Waals surface area contributed by atoms with Gasteiger partial charge in [0.1, 0.15) is 0 Å². The van der Waals surface area contributed by atoms with Crippen molar-refractivity contribution < 1.29 is 0 Å². The van der Waals surface area contributed by atoms with Gasteiger partial charge in [-0.2, -0.15) is 0 Å². The minimum atomic E-state index is 0.622. The highest BCUT2D eigenvalue weighted by atomic mass is 35.5. The molecule has 0 amide bonds. The molecule has 0 unspecified atom stereocenters. The Labute approximate surface area is 101 Å². The molecule has 0 aliphatic rings. The van der Waals surface area contributed by atoms with E-state index in [4.69, 9.17) is 17.3 Å². The fraction of sp³-hybridized carbons (Fsp3) is 0.100. The molecule has 0 radical (unpaired) electrons. The molecule has 1 heterocycles. The van der Waals surface area contributed by atoms with Crippen molar-refractivity contribution in [1.82, 2.24) is 4.98 Å². The van der Waals surface area contributed by atoms with Crippen molar-refractivity contribution in [2.45, 2.75) is 10.6 Å². The molecule has 0 bridgehead atoms. The van der Waals surface area contributed by atoms with Crippen LogP contribution in [0, 0.1) is 0 Å². The number of aromatic nitrogens is 1. The van der Waals surface area contributed by atoms with Crippen LogP contribution in [-0.4, -0.2) is 4.98 Å². The number of hydrogen-bond donors (Lipinski definition) is 1. The second-order valence-electron chi connectivity index (χ2n) is 2.92. The van der Waals surface area contributed by atoms with Crippen LogP contribution in [0.1, 0.15) is 5.69 Å². The number of halogens is 1. The summed E-state index contributed by atoms with van der Waals surface area (Å²) >= 11 is 9.06. The van der Waals surface area contributed by atoms with Gasteiger partial charge in [0.25, 0.3) is 0 Å². The second kappa shape index (κ2) is 4.88. The maximum absolute atomic E-state index is 5.88. The van der Waals surface area contributed by atoms with Crippen molar-refractivity contribution in [1.29, 1.82) is 0 Å². The van der Waals surface area contributed by atoms with E-state index in [9.17, 15) is 0 Å². The first kappa shape index (κ1) is 10.8. The Morgan fingerprint density at radius 1 is 1.47 bits per heavy atom. The maximum atomic E-state index is 5.88. The quantitative estimate of drug-likeness (QED) is 0.852. The molecule has 2 N–H and O–H groups in total. The van der Waals surface area contributed by atoms with Gasteiger partial charge in [0.2, 0.25) is 0 Å². The van der Waals surface area contributed by atoms with Crippen LogP contribution in [0.15, 0.2) is 34.5 Å². The number of nitrogens with zero attached hydrogens (tertiary/aromatic N) is 1. The Kier molecular flexibility index (Phi) is 3.51. The van der Waals surface area contributed by atoms with Crippen LogP contribution in [0.2, 0.25) is 5.02 Å². The summed E-state index contributed by atoms with van der Waals surface area (Å²) in [6, 6.07) is 7.79. The molecule has 0 aliphatic carbocycles. The minimum absolute atomic E-state index is 0.622. The zero-order valence-electron chi connectivity index (χ0n) is 7.81. The molecular weight excluding hydrogens is 248 g/mol. The van der Waals surface area contributed by atoms with E-state index >= 15 is 0 Å². The smallest absolute Gasteiger partial charge is 0.180 e. The second-order valence-corrected chi connectivity index (χ2v) is 5.30. The van der Waals surface area contributed by atoms with Gasteiger partial charge < -0.3 is 5.73 Å². The first-order chi connectivity index (χ1) is 7.24. The monoisotopic (exact) mass is 256 g/mol. The van der Waals surface area contributed by atoms with Crippen LogP contribution in [-0.2, 0) is 5.75 Å². The van der Waals surface area contributed by atoms with Gasteiger partial charge in [-0.25, -0.2) is 4.98 Å². The molecule has 78 valence electrons. The number of rotatable bonds is 3. The third kappa shape index (κ3) is 3.12. The lowest BCUT2D eigenvalue weighted by molar-refractivity contribution is 1.24. The Bertz CT molecular complexity index is 456. The zero-order valence-corrected chi connectivity index (χ0v) is 10.2. The van der Waals surface area contributed by atoms with Crippen molar-refractivity contribution in [3.05, 3.63) is 40.4 Å². The number of hydrogen-bond acceptors (Lipinski definition) is 4. The van der Waals surface area contributed by atoms with Gasteiger partial charge in [0, 0.05) is 21.1 Å². The van der Waals surface area contributed by atoms with E-state index in [1.807, 2.05) is 29.6 Å². The molecule has 15 heavy (non-hydrogen) atoms. The summed E-state index contributed by atoms with van der Waals surface area (Å²) in [5.41, 5.74) is 6.56.